The minimum atomic E-state index is -0.0530. The molecule has 3 aromatic heterocycles. The molecule has 0 unspecified atom stereocenters. The first-order chi connectivity index (χ1) is 21.2. The lowest BCUT2D eigenvalue weighted by Crippen LogP contribution is -2.19. The van der Waals surface area contributed by atoms with Crippen LogP contribution in [0, 0.1) is 0 Å². The zero-order valence-corrected chi connectivity index (χ0v) is 28.2. The highest BCUT2D eigenvalue weighted by Crippen LogP contribution is 2.39. The molecule has 0 aliphatic heterocycles. The Morgan fingerprint density at radius 2 is 0.578 bits per heavy atom. The van der Waals surface area contributed by atoms with Crippen LogP contribution in [0.5, 0.6) is 0 Å². The molecule has 3 heterocycles. The molecule has 0 bridgehead atoms. The monoisotopic (exact) mass is 591 g/mol. The van der Waals surface area contributed by atoms with Gasteiger partial charge in [-0.15, -0.1) is 0 Å². The predicted molar refractivity (Wildman–Crippen MR) is 193 cm³/mol. The molecule has 4 aromatic carbocycles. The largest absolute Gasteiger partial charge is 0.313 e. The summed E-state index contributed by atoms with van der Waals surface area (Å²) in [7, 11) is 0. The Labute approximate surface area is 267 Å². The van der Waals surface area contributed by atoms with E-state index >= 15 is 0 Å². The summed E-state index contributed by atoms with van der Waals surface area (Å²) in [6.45, 7) is 20.8. The van der Waals surface area contributed by atoms with E-state index in [1.807, 2.05) is 0 Å². The molecule has 0 amide bonds. The standard InChI is InChI=1S/C42H45N3/c1-40(2,3)37-22-28-16-10-13-19-34(28)43(37)31-25-32(44-35-20-14-11-17-29(35)23-38(44)41(4,5)6)27-33(26-31)45-36-21-15-12-18-30(36)24-39(45)42(7,8)9/h10-27H,1-9H3. The highest BCUT2D eigenvalue weighted by atomic mass is 15.1. The lowest BCUT2D eigenvalue weighted by Gasteiger charge is -2.27. The molecule has 3 nitrogen and oxygen atoms in total. The van der Waals surface area contributed by atoms with E-state index in [2.05, 4.69) is 185 Å². The van der Waals surface area contributed by atoms with E-state index in [1.165, 1.54) is 66.9 Å². The van der Waals surface area contributed by atoms with Crippen LogP contribution in [-0.2, 0) is 16.2 Å². The fourth-order valence-electron chi connectivity index (χ4n) is 6.92. The Morgan fingerprint density at radius 3 is 0.822 bits per heavy atom. The maximum atomic E-state index is 2.49. The number of para-hydroxylation sites is 3. The molecule has 7 aromatic rings. The van der Waals surface area contributed by atoms with Crippen molar-refractivity contribution in [3.63, 3.8) is 0 Å². The summed E-state index contributed by atoms with van der Waals surface area (Å²) in [5.74, 6) is 0. The van der Waals surface area contributed by atoms with E-state index in [0.29, 0.717) is 0 Å². The fourth-order valence-corrected chi connectivity index (χ4v) is 6.92. The van der Waals surface area contributed by atoms with E-state index in [9.17, 15) is 0 Å². The van der Waals surface area contributed by atoms with Crippen LogP contribution in [0.3, 0.4) is 0 Å². The smallest absolute Gasteiger partial charge is 0.0531 e. The zero-order valence-electron chi connectivity index (χ0n) is 28.2. The highest BCUT2D eigenvalue weighted by Gasteiger charge is 2.27. The average molecular weight is 592 g/mol. The predicted octanol–water partition coefficient (Wildman–Crippen LogP) is 11.4. The minimum Gasteiger partial charge on any atom is -0.313 e. The van der Waals surface area contributed by atoms with E-state index in [0.717, 1.165) is 0 Å². The van der Waals surface area contributed by atoms with Gasteiger partial charge in [-0.2, -0.15) is 0 Å². The van der Waals surface area contributed by atoms with Gasteiger partial charge in [-0.3, -0.25) is 0 Å². The second kappa shape index (κ2) is 10.0. The van der Waals surface area contributed by atoms with Crippen LogP contribution >= 0.6 is 0 Å². The number of nitrogens with zero attached hydrogens (tertiary/aromatic N) is 3. The Kier molecular flexibility index (Phi) is 6.50. The van der Waals surface area contributed by atoms with Crippen molar-refractivity contribution in [2.75, 3.05) is 0 Å². The van der Waals surface area contributed by atoms with E-state index in [-0.39, 0.29) is 16.2 Å². The molecular weight excluding hydrogens is 546 g/mol. The molecular formula is C42H45N3. The van der Waals surface area contributed by atoms with Gasteiger partial charge in [0.1, 0.15) is 0 Å². The molecule has 0 saturated carbocycles. The quantitative estimate of drug-likeness (QED) is 0.194. The van der Waals surface area contributed by atoms with Crippen LogP contribution in [-0.4, -0.2) is 13.7 Å². The molecule has 0 fully saturated rings. The first-order valence-electron chi connectivity index (χ1n) is 16.2. The Hall–Kier alpha value is -4.50. The lowest BCUT2D eigenvalue weighted by molar-refractivity contribution is 0.556. The molecule has 3 heteroatoms. The van der Waals surface area contributed by atoms with E-state index < -0.39 is 0 Å². The van der Waals surface area contributed by atoms with Crippen LogP contribution in [0.2, 0.25) is 0 Å². The number of hydrogen-bond acceptors (Lipinski definition) is 0. The van der Waals surface area contributed by atoms with Gasteiger partial charge in [-0.25, -0.2) is 0 Å². The van der Waals surface area contributed by atoms with Crippen molar-refractivity contribution in [2.45, 2.75) is 78.6 Å². The number of benzene rings is 4. The normalized spacial score (nSPS) is 13.0. The van der Waals surface area contributed by atoms with Gasteiger partial charge in [-0.1, -0.05) is 117 Å². The third-order valence-electron chi connectivity index (χ3n) is 9.10. The summed E-state index contributed by atoms with van der Waals surface area (Å²) >= 11 is 0. The van der Waals surface area contributed by atoms with Gasteiger partial charge in [0.2, 0.25) is 0 Å². The number of fused-ring (bicyclic) bond motifs is 3. The highest BCUT2D eigenvalue weighted by molar-refractivity contribution is 5.87. The van der Waals surface area contributed by atoms with E-state index in [4.69, 9.17) is 0 Å². The van der Waals surface area contributed by atoms with Crippen molar-refractivity contribution in [3.05, 3.63) is 126 Å². The number of hydrogen-bond donors (Lipinski definition) is 0. The van der Waals surface area contributed by atoms with Crippen molar-refractivity contribution in [2.24, 2.45) is 0 Å². The van der Waals surface area contributed by atoms with Gasteiger partial charge in [0.15, 0.2) is 0 Å². The number of rotatable bonds is 3. The third-order valence-corrected chi connectivity index (χ3v) is 9.10. The molecule has 228 valence electrons. The van der Waals surface area contributed by atoms with Crippen molar-refractivity contribution in [3.8, 4) is 17.1 Å². The number of aromatic nitrogens is 3. The van der Waals surface area contributed by atoms with Gasteiger partial charge < -0.3 is 13.7 Å². The van der Waals surface area contributed by atoms with Crippen LogP contribution < -0.4 is 0 Å². The SMILES string of the molecule is CC(C)(C)c1cc2ccccc2n1-c1cc(-n2c(C(C)(C)C)cc3ccccc32)cc(-n2c(C(C)(C)C)cc3ccccc32)c1. The molecule has 0 N–H and O–H groups in total. The van der Waals surface area contributed by atoms with E-state index in [1.54, 1.807) is 0 Å². The average Bonchev–Trinajstić information content (AvgIpc) is 3.68. The summed E-state index contributed by atoms with van der Waals surface area (Å²) in [6.07, 6.45) is 0. The van der Waals surface area contributed by atoms with Gasteiger partial charge in [0.25, 0.3) is 0 Å². The summed E-state index contributed by atoms with van der Waals surface area (Å²) < 4.78 is 7.48. The lowest BCUT2D eigenvalue weighted by atomic mass is 9.91. The first-order valence-corrected chi connectivity index (χ1v) is 16.2. The molecule has 7 rings (SSSR count). The first kappa shape index (κ1) is 29.2. The topological polar surface area (TPSA) is 14.8 Å². The Bertz CT molecular complexity index is 1950. The molecule has 0 radical (unpaired) electrons. The van der Waals surface area contributed by atoms with Crippen molar-refractivity contribution >= 4 is 32.7 Å². The van der Waals surface area contributed by atoms with Crippen LogP contribution in [0.15, 0.2) is 109 Å². The summed E-state index contributed by atoms with van der Waals surface area (Å²) in [5, 5.41) is 3.79. The van der Waals surface area contributed by atoms with Crippen molar-refractivity contribution < 1.29 is 0 Å². The van der Waals surface area contributed by atoms with Crippen molar-refractivity contribution in [1.29, 1.82) is 0 Å². The molecule has 0 atom stereocenters. The molecule has 0 aliphatic carbocycles. The second-order valence-corrected chi connectivity index (χ2v) is 15.7. The molecule has 0 spiro atoms. The van der Waals surface area contributed by atoms with Gasteiger partial charge >= 0.3 is 0 Å². The summed E-state index contributed by atoms with van der Waals surface area (Å²) in [5.41, 5.74) is 10.9. The maximum absolute atomic E-state index is 2.49. The third kappa shape index (κ3) is 4.90. The van der Waals surface area contributed by atoms with Gasteiger partial charge in [-0.05, 0) is 54.6 Å². The Morgan fingerprint density at radius 1 is 0.333 bits per heavy atom. The summed E-state index contributed by atoms with van der Waals surface area (Å²) in [4.78, 5) is 0. The summed E-state index contributed by atoms with van der Waals surface area (Å²) in [6, 6.07) is 40.7. The molecule has 45 heavy (non-hydrogen) atoms. The Balaban J connectivity index is 1.65. The van der Waals surface area contributed by atoms with Crippen LogP contribution in [0.1, 0.15) is 79.4 Å². The van der Waals surface area contributed by atoms with Gasteiger partial charge in [0, 0.05) is 49.5 Å². The van der Waals surface area contributed by atoms with Crippen molar-refractivity contribution in [1.82, 2.24) is 13.7 Å². The minimum absolute atomic E-state index is 0.0530. The zero-order chi connectivity index (χ0) is 31.9. The maximum Gasteiger partial charge on any atom is 0.0531 e. The molecule has 0 aliphatic rings. The second-order valence-electron chi connectivity index (χ2n) is 15.7. The molecule has 0 saturated heterocycles. The van der Waals surface area contributed by atoms with Gasteiger partial charge in [0.05, 0.1) is 33.6 Å². The van der Waals surface area contributed by atoms with Crippen LogP contribution in [0.25, 0.3) is 49.8 Å². The van der Waals surface area contributed by atoms with Crippen LogP contribution in [0.4, 0.5) is 0 Å². The fraction of sp³-hybridized carbons (Fsp3) is 0.286.